The van der Waals surface area contributed by atoms with Crippen molar-refractivity contribution in [2.45, 2.75) is 23.9 Å². The molecule has 27 heavy (non-hydrogen) atoms. The van der Waals surface area contributed by atoms with Gasteiger partial charge >= 0.3 is 18.0 Å². The number of alkyl halides is 7. The third-order valence-corrected chi connectivity index (χ3v) is 4.40. The molecule has 0 aromatic heterocycles. The van der Waals surface area contributed by atoms with E-state index in [0.717, 1.165) is 0 Å². The zero-order valence-electron chi connectivity index (χ0n) is 13.5. The molecule has 3 rings (SSSR count). The largest absolute Gasteiger partial charge is 0.459 e. The maximum Gasteiger partial charge on any atom is 0.459 e. The predicted octanol–water partition coefficient (Wildman–Crippen LogP) is 4.75. The smallest absolute Gasteiger partial charge is 0.349 e. The van der Waals surface area contributed by atoms with Crippen LogP contribution >= 0.6 is 0 Å². The minimum absolute atomic E-state index is 0.460. The Morgan fingerprint density at radius 1 is 0.815 bits per heavy atom. The van der Waals surface area contributed by atoms with Gasteiger partial charge in [-0.05, 0) is 22.3 Å². The lowest BCUT2D eigenvalue weighted by Gasteiger charge is -2.28. The van der Waals surface area contributed by atoms with E-state index in [-0.39, 0.29) is 0 Å². The minimum Gasteiger partial charge on any atom is -0.349 e. The second-order valence-electron chi connectivity index (χ2n) is 6.10. The first-order valence-electron chi connectivity index (χ1n) is 7.75. The van der Waals surface area contributed by atoms with E-state index in [4.69, 9.17) is 0 Å². The summed E-state index contributed by atoms with van der Waals surface area (Å²) < 4.78 is 89.5. The van der Waals surface area contributed by atoms with E-state index in [1.165, 1.54) is 0 Å². The van der Waals surface area contributed by atoms with E-state index in [1.807, 2.05) is 0 Å². The fourth-order valence-corrected chi connectivity index (χ4v) is 3.06. The summed E-state index contributed by atoms with van der Waals surface area (Å²) in [5.41, 5.74) is 2.26. The van der Waals surface area contributed by atoms with Crippen LogP contribution in [0.5, 0.6) is 0 Å². The lowest BCUT2D eigenvalue weighted by atomic mass is 9.96. The predicted molar refractivity (Wildman–Crippen MR) is 82.7 cm³/mol. The summed E-state index contributed by atoms with van der Waals surface area (Å²) in [5, 5.41) is 1.56. The minimum atomic E-state index is -6.44. The summed E-state index contributed by atoms with van der Waals surface area (Å²) in [5.74, 6) is -13.9. The summed E-state index contributed by atoms with van der Waals surface area (Å²) in [6, 6.07) is 13.2. The van der Waals surface area contributed by atoms with Crippen LogP contribution in [-0.4, -0.2) is 30.5 Å². The molecule has 1 N–H and O–H groups in total. The molecule has 2 aromatic carbocycles. The summed E-state index contributed by atoms with van der Waals surface area (Å²) in [6.45, 7) is -2.14. The van der Waals surface area contributed by atoms with Crippen molar-refractivity contribution in [3.05, 3.63) is 59.7 Å². The van der Waals surface area contributed by atoms with Gasteiger partial charge < -0.3 is 5.32 Å². The molecular weight excluding hydrogens is 379 g/mol. The van der Waals surface area contributed by atoms with Crippen molar-refractivity contribution in [1.29, 1.82) is 0 Å². The average molecular weight is 391 g/mol. The Morgan fingerprint density at radius 3 is 1.70 bits per heavy atom. The second kappa shape index (κ2) is 6.24. The van der Waals surface area contributed by atoms with E-state index < -0.39 is 36.4 Å². The Morgan fingerprint density at radius 2 is 1.26 bits per heavy atom. The SMILES string of the molecule is O=C(NCC(F)(F)C(F)(F)C(F)(F)F)C1c2ccccc2-c2ccccc21. The third kappa shape index (κ3) is 3.04. The molecule has 2 aromatic rings. The molecule has 0 fully saturated rings. The number of nitrogens with one attached hydrogen (secondary N) is 1. The van der Waals surface area contributed by atoms with Gasteiger partial charge in [-0.2, -0.15) is 30.7 Å². The maximum atomic E-state index is 13.5. The molecule has 0 unspecified atom stereocenters. The van der Waals surface area contributed by atoms with Crippen LogP contribution in [0.2, 0.25) is 0 Å². The van der Waals surface area contributed by atoms with Crippen molar-refractivity contribution in [2.75, 3.05) is 6.54 Å². The van der Waals surface area contributed by atoms with Gasteiger partial charge in [-0.15, -0.1) is 0 Å². The number of amides is 1. The standard InChI is InChI=1S/C18H12F7NO/c19-16(20,17(21,22)18(23,24)25)9-26-15(27)14-12-7-3-1-5-10(12)11-6-2-4-8-13(11)14/h1-8,14H,9H2,(H,26,27). The molecule has 0 aliphatic heterocycles. The van der Waals surface area contributed by atoms with Crippen molar-refractivity contribution >= 4 is 5.91 Å². The highest BCUT2D eigenvalue weighted by Gasteiger charge is 2.72. The Labute approximate surface area is 149 Å². The van der Waals surface area contributed by atoms with Crippen LogP contribution in [0.3, 0.4) is 0 Å². The van der Waals surface area contributed by atoms with Gasteiger partial charge in [0.25, 0.3) is 0 Å². The molecule has 0 spiro atoms. The third-order valence-electron chi connectivity index (χ3n) is 4.40. The molecule has 1 aliphatic rings. The summed E-state index contributed by atoms with van der Waals surface area (Å²) in [7, 11) is 0. The van der Waals surface area contributed by atoms with Gasteiger partial charge in [0, 0.05) is 0 Å². The van der Waals surface area contributed by atoms with Gasteiger partial charge in [0.15, 0.2) is 0 Å². The topological polar surface area (TPSA) is 29.1 Å². The highest BCUT2D eigenvalue weighted by molar-refractivity contribution is 5.96. The first kappa shape index (κ1) is 19.2. The Hall–Kier alpha value is -2.58. The monoisotopic (exact) mass is 391 g/mol. The molecule has 1 aliphatic carbocycles. The van der Waals surface area contributed by atoms with Crippen LogP contribution in [0.25, 0.3) is 11.1 Å². The van der Waals surface area contributed by atoms with Gasteiger partial charge in [-0.1, -0.05) is 48.5 Å². The Balaban J connectivity index is 1.85. The van der Waals surface area contributed by atoms with Gasteiger partial charge in [-0.3, -0.25) is 4.79 Å². The average Bonchev–Trinajstić information content (AvgIpc) is 2.93. The van der Waals surface area contributed by atoms with Gasteiger partial charge in [0.2, 0.25) is 5.91 Å². The fourth-order valence-electron chi connectivity index (χ4n) is 3.06. The number of hydrogen-bond donors (Lipinski definition) is 1. The molecule has 144 valence electrons. The molecule has 0 radical (unpaired) electrons. The van der Waals surface area contributed by atoms with Crippen LogP contribution < -0.4 is 5.32 Å². The lowest BCUT2D eigenvalue weighted by Crippen LogP contribution is -2.57. The molecule has 2 nitrogen and oxygen atoms in total. The zero-order chi connectivity index (χ0) is 20.0. The number of fused-ring (bicyclic) bond motifs is 3. The molecule has 0 saturated heterocycles. The van der Waals surface area contributed by atoms with Crippen LogP contribution in [-0.2, 0) is 4.79 Å². The van der Waals surface area contributed by atoms with E-state index in [9.17, 15) is 35.5 Å². The fraction of sp³-hybridized carbons (Fsp3) is 0.278. The molecule has 0 saturated carbocycles. The first-order chi connectivity index (χ1) is 12.5. The number of carbonyl (C=O) groups is 1. The first-order valence-corrected chi connectivity index (χ1v) is 7.75. The van der Waals surface area contributed by atoms with Crippen molar-refractivity contribution in [3.63, 3.8) is 0 Å². The molecular formula is C18H12F7NO. The van der Waals surface area contributed by atoms with Crippen molar-refractivity contribution < 1.29 is 35.5 Å². The number of hydrogen-bond acceptors (Lipinski definition) is 1. The van der Waals surface area contributed by atoms with Crippen LogP contribution in [0, 0.1) is 0 Å². The van der Waals surface area contributed by atoms with Gasteiger partial charge in [0.05, 0.1) is 12.5 Å². The number of halogens is 7. The molecule has 0 atom stereocenters. The molecule has 9 heteroatoms. The van der Waals surface area contributed by atoms with Crippen molar-refractivity contribution in [3.8, 4) is 11.1 Å². The highest BCUT2D eigenvalue weighted by atomic mass is 19.4. The molecule has 0 bridgehead atoms. The van der Waals surface area contributed by atoms with E-state index >= 15 is 0 Å². The summed E-state index contributed by atoms with van der Waals surface area (Å²) >= 11 is 0. The van der Waals surface area contributed by atoms with Crippen LogP contribution in [0.1, 0.15) is 17.0 Å². The van der Waals surface area contributed by atoms with Gasteiger partial charge in [0.1, 0.15) is 0 Å². The van der Waals surface area contributed by atoms with Crippen LogP contribution in [0.15, 0.2) is 48.5 Å². The lowest BCUT2D eigenvalue weighted by molar-refractivity contribution is -0.352. The number of rotatable bonds is 4. The molecule has 1 amide bonds. The van der Waals surface area contributed by atoms with Crippen molar-refractivity contribution in [1.82, 2.24) is 5.32 Å². The van der Waals surface area contributed by atoms with Crippen molar-refractivity contribution in [2.24, 2.45) is 0 Å². The van der Waals surface area contributed by atoms with E-state index in [2.05, 4.69) is 0 Å². The number of carbonyl (C=O) groups excluding carboxylic acids is 1. The quantitative estimate of drug-likeness (QED) is 0.749. The number of benzene rings is 2. The Kier molecular flexibility index (Phi) is 4.44. The zero-order valence-corrected chi connectivity index (χ0v) is 13.5. The van der Waals surface area contributed by atoms with Gasteiger partial charge in [-0.25, -0.2) is 0 Å². The van der Waals surface area contributed by atoms with E-state index in [1.54, 1.807) is 53.8 Å². The summed E-state index contributed by atoms with van der Waals surface area (Å²) in [6.07, 6.45) is -6.44. The Bertz CT molecular complexity index is 831. The normalized spacial score (nSPS) is 14.6. The maximum absolute atomic E-state index is 13.5. The van der Waals surface area contributed by atoms with E-state index in [0.29, 0.717) is 22.3 Å². The molecule has 0 heterocycles. The highest BCUT2D eigenvalue weighted by Crippen LogP contribution is 2.47. The second-order valence-corrected chi connectivity index (χ2v) is 6.10. The summed E-state index contributed by atoms with van der Waals surface area (Å²) in [4.78, 5) is 12.4. The van der Waals surface area contributed by atoms with Crippen LogP contribution in [0.4, 0.5) is 30.7 Å².